The van der Waals surface area contributed by atoms with Gasteiger partial charge in [0.25, 0.3) is 17.7 Å². The van der Waals surface area contributed by atoms with E-state index >= 15 is 0 Å². The van der Waals surface area contributed by atoms with Crippen molar-refractivity contribution < 1.29 is 29.3 Å². The van der Waals surface area contributed by atoms with Crippen molar-refractivity contribution in [1.82, 2.24) is 35.2 Å². The van der Waals surface area contributed by atoms with Gasteiger partial charge in [-0.1, -0.05) is 32.0 Å². The highest BCUT2D eigenvalue weighted by Crippen LogP contribution is 2.45. The van der Waals surface area contributed by atoms with Crippen LogP contribution in [0.15, 0.2) is 65.9 Å². The fraction of sp³-hybridized carbons (Fsp3) is 0.488. The number of allylic oxidation sites excluding steroid dienone is 1. The van der Waals surface area contributed by atoms with Crippen molar-refractivity contribution in [3.8, 4) is 11.1 Å². The van der Waals surface area contributed by atoms with Crippen molar-refractivity contribution in [1.29, 1.82) is 0 Å². The summed E-state index contributed by atoms with van der Waals surface area (Å²) in [6.07, 6.45) is 8.64. The van der Waals surface area contributed by atoms with E-state index in [0.29, 0.717) is 38.4 Å². The van der Waals surface area contributed by atoms with Crippen molar-refractivity contribution in [2.45, 2.75) is 76.9 Å². The molecule has 17 nitrogen and oxygen atoms in total. The summed E-state index contributed by atoms with van der Waals surface area (Å²) in [6.45, 7) is 6.44. The summed E-state index contributed by atoms with van der Waals surface area (Å²) >= 11 is 0. The summed E-state index contributed by atoms with van der Waals surface area (Å²) < 4.78 is 6.18. The molecular formula is C41H57N11O6. The van der Waals surface area contributed by atoms with Crippen LogP contribution in [0.3, 0.4) is 0 Å². The molecule has 312 valence electrons. The number of carbonyl (C=O) groups excluding carboxylic acids is 3. The average molecular weight is 800 g/mol. The van der Waals surface area contributed by atoms with Crippen LogP contribution in [0.25, 0.3) is 11.1 Å². The van der Waals surface area contributed by atoms with Gasteiger partial charge in [-0.3, -0.25) is 19.1 Å². The molecule has 3 aromatic rings. The second kappa shape index (κ2) is 18.0. The third-order valence-electron chi connectivity index (χ3n) is 10.6. The Morgan fingerprint density at radius 1 is 0.966 bits per heavy atom. The number of nitrogens with two attached hydrogens (primary N) is 2. The number of amides is 3. The molecule has 3 amide bonds. The number of rotatable bonds is 11. The van der Waals surface area contributed by atoms with Gasteiger partial charge in [0, 0.05) is 76.6 Å². The zero-order chi connectivity index (χ0) is 41.7. The van der Waals surface area contributed by atoms with Gasteiger partial charge in [0.15, 0.2) is 0 Å². The van der Waals surface area contributed by atoms with E-state index in [2.05, 4.69) is 30.6 Å². The quantitative estimate of drug-likeness (QED) is 0.0840. The molecule has 0 bridgehead atoms. The second-order valence-corrected chi connectivity index (χ2v) is 15.1. The number of likely N-dealkylation sites (tertiary alicyclic amines) is 2. The van der Waals surface area contributed by atoms with E-state index in [4.69, 9.17) is 16.6 Å². The molecule has 1 aromatic carbocycles. The minimum Gasteiger partial charge on any atom is -0.393 e. The maximum atomic E-state index is 13.1. The summed E-state index contributed by atoms with van der Waals surface area (Å²) in [5.74, 6) is -3.12. The minimum atomic E-state index is -2.36. The Labute approximate surface area is 339 Å². The molecule has 0 radical (unpaired) electrons. The van der Waals surface area contributed by atoms with Crippen LogP contribution in [0, 0.1) is 5.92 Å². The summed E-state index contributed by atoms with van der Waals surface area (Å²) in [4.78, 5) is 48.1. The Morgan fingerprint density at radius 3 is 2.29 bits per heavy atom. The lowest BCUT2D eigenvalue weighted by atomic mass is 9.97. The molecule has 2 aliphatic carbocycles. The van der Waals surface area contributed by atoms with Crippen molar-refractivity contribution in [3.05, 3.63) is 83.0 Å². The number of methoxy groups -OCH3 is 1. The third kappa shape index (κ3) is 9.12. The van der Waals surface area contributed by atoms with E-state index in [0.717, 1.165) is 61.0 Å². The molecule has 4 fully saturated rings. The summed E-state index contributed by atoms with van der Waals surface area (Å²) in [5, 5.41) is 36.2. The lowest BCUT2D eigenvalue weighted by Crippen LogP contribution is -2.59. The van der Waals surface area contributed by atoms with Gasteiger partial charge in [-0.05, 0) is 56.7 Å². The van der Waals surface area contributed by atoms with Gasteiger partial charge in [0.05, 0.1) is 41.5 Å². The molecule has 5 heterocycles. The molecule has 5 aliphatic rings. The zero-order valence-electron chi connectivity index (χ0n) is 34.0. The molecule has 0 atom stereocenters. The molecule has 3 aliphatic heterocycles. The molecule has 2 saturated heterocycles. The maximum absolute atomic E-state index is 13.1. The smallest absolute Gasteiger partial charge is 0.272 e. The third-order valence-corrected chi connectivity index (χ3v) is 10.6. The predicted octanol–water partition coefficient (Wildman–Crippen LogP) is 2.26. The van der Waals surface area contributed by atoms with Crippen LogP contribution < -0.4 is 32.3 Å². The first-order valence-corrected chi connectivity index (χ1v) is 20.0. The van der Waals surface area contributed by atoms with Crippen LogP contribution in [-0.2, 0) is 26.8 Å². The molecule has 0 spiro atoms. The maximum Gasteiger partial charge on any atom is 0.272 e. The van der Waals surface area contributed by atoms with Crippen molar-refractivity contribution in [2.24, 2.45) is 17.4 Å². The van der Waals surface area contributed by atoms with Gasteiger partial charge >= 0.3 is 0 Å². The van der Waals surface area contributed by atoms with Gasteiger partial charge in [-0.25, -0.2) is 9.88 Å². The number of ether oxygens (including phenoxy) is 1. The Morgan fingerprint density at radius 2 is 1.64 bits per heavy atom. The van der Waals surface area contributed by atoms with Crippen molar-refractivity contribution >= 4 is 29.1 Å². The van der Waals surface area contributed by atoms with Gasteiger partial charge in [-0.15, -0.1) is 0 Å². The SMILES string of the molecule is CC.CN1Cc2c(cnn2C2CN(C(O)(O)c3cccc(C(=O)N4CCCC4)n3)C2)-c2cccc(NC(/C=C(\N)NC(=O)C3CC3)=C(/N)C(=O)NC3CC3)c21.COC. The molecule has 9 N–H and O–H groups in total. The summed E-state index contributed by atoms with van der Waals surface area (Å²) in [6, 6.07) is 10.5. The molecule has 2 aromatic heterocycles. The lowest BCUT2D eigenvalue weighted by molar-refractivity contribution is -0.302. The van der Waals surface area contributed by atoms with Crippen LogP contribution in [0.2, 0.25) is 0 Å². The largest absolute Gasteiger partial charge is 0.393 e. The van der Waals surface area contributed by atoms with Crippen molar-refractivity contribution in [3.63, 3.8) is 0 Å². The molecule has 17 heteroatoms. The Balaban J connectivity index is 0.00000108. The molecule has 2 saturated carbocycles. The molecule has 0 unspecified atom stereocenters. The highest BCUT2D eigenvalue weighted by atomic mass is 16.5. The fourth-order valence-corrected chi connectivity index (χ4v) is 7.23. The number of aromatic nitrogens is 3. The second-order valence-electron chi connectivity index (χ2n) is 15.1. The standard InChI is InChI=1S/C37H45N11O5.C2H6O.C2H6/c1-45-20-29-25(17-40-48(29)23-18-47(19-23)37(52,53)30-9-5-8-27(43-30)36(51)46-14-2-3-15-46)24-6-4-7-26(33(24)45)42-28(32(39)35(50)41-22-12-13-22)16-31(38)44-34(49)21-10-11-21;1-3-2;1-2/h4-9,16-17,21-23,42,52-53H,2-3,10-15,18-20,38-39H2,1H3,(H,41,50)(H,44,49);1-2H3;1-2H3/b31-16+,32-28+;;. The van der Waals surface area contributed by atoms with E-state index in [9.17, 15) is 24.6 Å². The topological polar surface area (TPSA) is 229 Å². The van der Waals surface area contributed by atoms with Gasteiger partial charge < -0.3 is 52.2 Å². The normalized spacial score (nSPS) is 18.3. The van der Waals surface area contributed by atoms with E-state index in [-0.39, 0.29) is 58.4 Å². The van der Waals surface area contributed by atoms with Crippen molar-refractivity contribution in [2.75, 3.05) is 57.7 Å². The van der Waals surface area contributed by atoms with Gasteiger partial charge in [0.2, 0.25) is 5.91 Å². The number of hydrogen-bond acceptors (Lipinski definition) is 13. The first-order chi connectivity index (χ1) is 27.9. The van der Waals surface area contributed by atoms with Crippen LogP contribution in [0.1, 0.15) is 80.3 Å². The zero-order valence-corrected chi connectivity index (χ0v) is 34.0. The van der Waals surface area contributed by atoms with E-state index in [1.807, 2.05) is 50.0 Å². The van der Waals surface area contributed by atoms with E-state index < -0.39 is 11.8 Å². The number of benzene rings is 1. The number of para-hydroxylation sites is 1. The number of pyridine rings is 1. The summed E-state index contributed by atoms with van der Waals surface area (Å²) in [7, 11) is 5.21. The Hall–Kier alpha value is -5.49. The predicted molar refractivity (Wildman–Crippen MR) is 219 cm³/mol. The number of hydrogen-bond donors (Lipinski definition) is 7. The Kier molecular flexibility index (Phi) is 13.1. The first-order valence-electron chi connectivity index (χ1n) is 20.0. The summed E-state index contributed by atoms with van der Waals surface area (Å²) in [5.41, 5.74) is 17.4. The molecular weight excluding hydrogens is 743 g/mol. The number of nitrogens with one attached hydrogen (secondary N) is 3. The molecule has 8 rings (SSSR count). The molecule has 58 heavy (non-hydrogen) atoms. The van der Waals surface area contributed by atoms with Crippen LogP contribution in [-0.4, -0.2) is 106 Å². The fourth-order valence-electron chi connectivity index (χ4n) is 7.23. The van der Waals surface area contributed by atoms with Crippen LogP contribution >= 0.6 is 0 Å². The van der Waals surface area contributed by atoms with Crippen LogP contribution in [0.4, 0.5) is 11.4 Å². The highest BCUT2D eigenvalue weighted by Gasteiger charge is 2.46. The van der Waals surface area contributed by atoms with E-state index in [1.54, 1.807) is 31.3 Å². The highest BCUT2D eigenvalue weighted by molar-refractivity contribution is 5.96. The first kappa shape index (κ1) is 42.1. The number of carbonyl (C=O) groups is 3. The number of nitrogens with zero attached hydrogens (tertiary/aromatic N) is 6. The van der Waals surface area contributed by atoms with Crippen LogP contribution in [0.5, 0.6) is 0 Å². The van der Waals surface area contributed by atoms with Gasteiger partial charge in [0.1, 0.15) is 22.9 Å². The average Bonchev–Trinajstić information content (AvgIpc) is 4.12. The number of anilines is 2. The Bertz CT molecular complexity index is 2040. The van der Waals surface area contributed by atoms with Gasteiger partial charge in [-0.2, -0.15) is 5.10 Å². The minimum absolute atomic E-state index is 0.00171. The van der Waals surface area contributed by atoms with E-state index in [1.165, 1.54) is 17.0 Å². The lowest BCUT2D eigenvalue weighted by Gasteiger charge is -2.46. The number of aliphatic hydroxyl groups is 2. The number of fused-ring (bicyclic) bond motifs is 3. The monoisotopic (exact) mass is 799 g/mol.